The average Bonchev–Trinajstić information content (AvgIpc) is 3.05. The first-order valence-electron chi connectivity index (χ1n) is 18.8. The summed E-state index contributed by atoms with van der Waals surface area (Å²) in [6, 6.07) is -0.858. The molecule has 51 heavy (non-hydrogen) atoms. The molecule has 14 nitrogen and oxygen atoms in total. The number of carbonyl (C=O) groups is 1. The lowest BCUT2D eigenvalue weighted by molar-refractivity contribution is -0.316. The fourth-order valence-corrected chi connectivity index (χ4v) is 8.53. The first-order valence-corrected chi connectivity index (χ1v) is 18.8. The van der Waals surface area contributed by atoms with Gasteiger partial charge < -0.3 is 64.2 Å². The van der Waals surface area contributed by atoms with E-state index in [9.17, 15) is 30.3 Å². The quantitative estimate of drug-likeness (QED) is 0.207. The molecule has 3 aliphatic heterocycles. The zero-order valence-electron chi connectivity index (χ0n) is 33.2. The number of esters is 1. The predicted molar refractivity (Wildman–Crippen MR) is 190 cm³/mol. The van der Waals surface area contributed by atoms with Crippen LogP contribution in [0.25, 0.3) is 0 Å². The Morgan fingerprint density at radius 3 is 2.16 bits per heavy atom. The smallest absolute Gasteiger partial charge is 0.311 e. The second-order valence-electron chi connectivity index (χ2n) is 16.5. The number of methoxy groups -OCH3 is 1. The van der Waals surface area contributed by atoms with E-state index in [0.29, 0.717) is 13.0 Å². The molecule has 300 valence electrons. The maximum absolute atomic E-state index is 14.2. The van der Waals surface area contributed by atoms with Crippen molar-refractivity contribution >= 4 is 5.97 Å². The first kappa shape index (κ1) is 44.4. The first-order chi connectivity index (χ1) is 23.5. The van der Waals surface area contributed by atoms with Crippen molar-refractivity contribution in [1.82, 2.24) is 10.2 Å². The summed E-state index contributed by atoms with van der Waals surface area (Å²) < 4.78 is 37.3. The molecule has 18 atom stereocenters. The Balaban J connectivity index is 2.16. The highest BCUT2D eigenvalue weighted by Gasteiger charge is 2.52. The Morgan fingerprint density at radius 2 is 1.59 bits per heavy atom. The van der Waals surface area contributed by atoms with E-state index in [2.05, 4.69) is 5.32 Å². The van der Waals surface area contributed by atoms with Gasteiger partial charge in [0.15, 0.2) is 12.6 Å². The Morgan fingerprint density at radius 1 is 0.961 bits per heavy atom. The van der Waals surface area contributed by atoms with Crippen molar-refractivity contribution < 1.29 is 58.7 Å². The molecular weight excluding hydrogens is 664 g/mol. The van der Waals surface area contributed by atoms with Gasteiger partial charge in [-0.05, 0) is 87.7 Å². The third-order valence-electron chi connectivity index (χ3n) is 11.9. The monoisotopic (exact) mass is 734 g/mol. The van der Waals surface area contributed by atoms with Crippen LogP contribution in [0.15, 0.2) is 0 Å². The zero-order chi connectivity index (χ0) is 38.8. The SMILES string of the molecule is CCC1OC(=O)C(C)[C@H](OC2C[C@](C)(OC)[C@@H](O)[C@H](C)O2)C(C)C(O[C@@H]2OC(C)CC(NC)C2O)[C@](C)(O)CC(C)CN(C)[C@H](C)[C@@H](O)[C@@]1(C)O. The maximum Gasteiger partial charge on any atom is 0.311 e. The molecular formula is C37H70N2O12. The Labute approximate surface area is 305 Å². The Hall–Kier alpha value is -1.01. The van der Waals surface area contributed by atoms with Crippen molar-refractivity contribution in [3.63, 3.8) is 0 Å². The molecule has 3 rings (SSSR count). The van der Waals surface area contributed by atoms with Crippen LogP contribution in [-0.2, 0) is 33.2 Å². The molecule has 0 bridgehead atoms. The summed E-state index contributed by atoms with van der Waals surface area (Å²) in [5.74, 6) is -2.59. The van der Waals surface area contributed by atoms with Crippen LogP contribution in [0.2, 0.25) is 0 Å². The van der Waals surface area contributed by atoms with Crippen LogP contribution in [0.5, 0.6) is 0 Å². The van der Waals surface area contributed by atoms with Gasteiger partial charge in [0.2, 0.25) is 0 Å². The minimum Gasteiger partial charge on any atom is -0.459 e. The fourth-order valence-electron chi connectivity index (χ4n) is 8.53. The van der Waals surface area contributed by atoms with Crippen molar-refractivity contribution in [3.05, 3.63) is 0 Å². The van der Waals surface area contributed by atoms with Crippen LogP contribution in [0.3, 0.4) is 0 Å². The van der Waals surface area contributed by atoms with Gasteiger partial charge in [0, 0.05) is 38.1 Å². The Kier molecular flexibility index (Phi) is 15.3. The number of aliphatic hydroxyl groups is 5. The van der Waals surface area contributed by atoms with Crippen molar-refractivity contribution in [1.29, 1.82) is 0 Å². The average molecular weight is 735 g/mol. The number of ether oxygens (including phenoxy) is 6. The molecule has 3 aliphatic rings. The van der Waals surface area contributed by atoms with Crippen LogP contribution in [-0.4, -0.2) is 154 Å². The summed E-state index contributed by atoms with van der Waals surface area (Å²) >= 11 is 0. The molecule has 0 aromatic heterocycles. The number of aliphatic hydroxyl groups excluding tert-OH is 3. The third-order valence-corrected chi connectivity index (χ3v) is 11.9. The highest BCUT2D eigenvalue weighted by atomic mass is 16.7. The van der Waals surface area contributed by atoms with E-state index in [4.69, 9.17) is 28.4 Å². The lowest BCUT2D eigenvalue weighted by atomic mass is 9.77. The molecule has 0 saturated carbocycles. The molecule has 0 aliphatic carbocycles. The number of nitrogens with zero attached hydrogens (tertiary/aromatic N) is 1. The van der Waals surface area contributed by atoms with Gasteiger partial charge in [-0.1, -0.05) is 20.8 Å². The van der Waals surface area contributed by atoms with Crippen molar-refractivity contribution in [2.24, 2.45) is 17.8 Å². The van der Waals surface area contributed by atoms with E-state index in [1.807, 2.05) is 32.7 Å². The van der Waals surface area contributed by atoms with E-state index in [1.54, 1.807) is 48.6 Å². The Bertz CT molecular complexity index is 1110. The van der Waals surface area contributed by atoms with Crippen molar-refractivity contribution in [2.75, 3.05) is 27.7 Å². The van der Waals surface area contributed by atoms with Gasteiger partial charge in [-0.15, -0.1) is 0 Å². The number of hydrogen-bond acceptors (Lipinski definition) is 14. The maximum atomic E-state index is 14.2. The lowest BCUT2D eigenvalue weighted by Gasteiger charge is -2.48. The number of likely N-dealkylation sites (N-methyl/N-ethyl adjacent to an activating group) is 2. The van der Waals surface area contributed by atoms with Crippen LogP contribution in [0.1, 0.15) is 94.9 Å². The molecule has 14 heteroatoms. The number of rotatable bonds is 7. The largest absolute Gasteiger partial charge is 0.459 e. The number of hydrogen-bond donors (Lipinski definition) is 6. The topological polar surface area (TPSA) is 189 Å². The predicted octanol–water partition coefficient (Wildman–Crippen LogP) is 1.56. The van der Waals surface area contributed by atoms with E-state index in [0.717, 1.165) is 0 Å². The molecule has 0 amide bonds. The summed E-state index contributed by atoms with van der Waals surface area (Å²) in [6.45, 7) is 18.0. The molecule has 0 spiro atoms. The van der Waals surface area contributed by atoms with Crippen molar-refractivity contribution in [2.45, 2.75) is 185 Å². The van der Waals surface area contributed by atoms with Gasteiger partial charge in [-0.25, -0.2) is 0 Å². The summed E-state index contributed by atoms with van der Waals surface area (Å²) in [6.07, 6.45) is -8.24. The second kappa shape index (κ2) is 17.6. The lowest BCUT2D eigenvalue weighted by Crippen LogP contribution is -2.60. The van der Waals surface area contributed by atoms with Crippen LogP contribution in [0, 0.1) is 17.8 Å². The molecule has 9 unspecified atom stereocenters. The zero-order valence-corrected chi connectivity index (χ0v) is 33.2. The van der Waals surface area contributed by atoms with Crippen LogP contribution < -0.4 is 5.32 Å². The third kappa shape index (κ3) is 10.0. The molecule has 0 aromatic rings. The van der Waals surface area contributed by atoms with Gasteiger partial charge in [0.25, 0.3) is 0 Å². The fraction of sp³-hybridized carbons (Fsp3) is 0.973. The minimum absolute atomic E-state index is 0.132. The molecule has 0 radical (unpaired) electrons. The summed E-state index contributed by atoms with van der Waals surface area (Å²) in [5, 5.41) is 61.0. The number of carbonyl (C=O) groups excluding carboxylic acids is 1. The van der Waals surface area contributed by atoms with Crippen molar-refractivity contribution in [3.8, 4) is 0 Å². The highest BCUT2D eigenvalue weighted by molar-refractivity contribution is 5.73. The van der Waals surface area contributed by atoms with Gasteiger partial charge in [-0.3, -0.25) is 4.79 Å². The summed E-state index contributed by atoms with van der Waals surface area (Å²) in [7, 11) is 5.10. The van der Waals surface area contributed by atoms with E-state index in [1.165, 1.54) is 14.0 Å². The minimum atomic E-state index is -1.80. The normalized spacial score (nSPS) is 50.2. The van der Waals surface area contributed by atoms with Gasteiger partial charge in [0.05, 0.1) is 41.5 Å². The second-order valence-corrected chi connectivity index (χ2v) is 16.5. The summed E-state index contributed by atoms with van der Waals surface area (Å²) in [4.78, 5) is 16.1. The highest BCUT2D eigenvalue weighted by Crippen LogP contribution is 2.40. The van der Waals surface area contributed by atoms with Gasteiger partial charge in [-0.2, -0.15) is 0 Å². The van der Waals surface area contributed by atoms with E-state index >= 15 is 0 Å². The molecule has 3 fully saturated rings. The van der Waals surface area contributed by atoms with E-state index < -0.39 is 96.0 Å². The van der Waals surface area contributed by atoms with Crippen LogP contribution in [0.4, 0.5) is 0 Å². The number of cyclic esters (lactones) is 1. The molecule has 0 aromatic carbocycles. The number of nitrogens with one attached hydrogen (secondary N) is 1. The standard InChI is InChI=1S/C37H70N2O12/c1-14-26-37(10,45)30(41)23(6)39(12)18-19(2)16-35(8,44)32(51-34-28(40)25(38-11)15-20(3)47-34)21(4)29(22(5)33(43)49-26)50-27-17-36(9,46-13)31(42)24(7)48-27/h19-32,34,38,40-42,44-45H,14-18H2,1-13H3/t19?,20?,21?,22?,23-,24+,25?,26?,27?,28?,29-,30-,31+,32?,34+,35-,36+,37+/m1/s1. The van der Waals surface area contributed by atoms with E-state index in [-0.39, 0.29) is 37.3 Å². The molecule has 6 N–H and O–H groups in total. The van der Waals surface area contributed by atoms with Crippen LogP contribution >= 0.6 is 0 Å². The van der Waals surface area contributed by atoms with Gasteiger partial charge in [0.1, 0.15) is 30.0 Å². The summed E-state index contributed by atoms with van der Waals surface area (Å²) in [5.41, 5.74) is -4.37. The van der Waals surface area contributed by atoms with Gasteiger partial charge >= 0.3 is 5.97 Å². The molecule has 3 heterocycles. The molecule has 3 saturated heterocycles.